The van der Waals surface area contributed by atoms with Gasteiger partial charge >= 0.3 is 0 Å². The first kappa shape index (κ1) is 17.4. The standard InChI is InChI=1S/C14H19N3O3.ClH/c1-10-8-12(6-7-15-10)16-14(18)9-11-4-2-3-5-13(11)17(19)20;/h2-5,10,12,15H,6-9H2,1H3,(H,16,18);1H. The van der Waals surface area contributed by atoms with Crippen molar-refractivity contribution in [3.8, 4) is 0 Å². The van der Waals surface area contributed by atoms with Crippen molar-refractivity contribution in [2.45, 2.75) is 38.3 Å². The van der Waals surface area contributed by atoms with Gasteiger partial charge < -0.3 is 10.6 Å². The van der Waals surface area contributed by atoms with Gasteiger partial charge in [0.25, 0.3) is 5.69 Å². The number of nitro groups is 1. The highest BCUT2D eigenvalue weighted by atomic mass is 35.5. The molecule has 1 heterocycles. The Morgan fingerprint density at radius 3 is 2.86 bits per heavy atom. The maximum Gasteiger partial charge on any atom is 0.273 e. The van der Waals surface area contributed by atoms with Crippen LogP contribution in [0.15, 0.2) is 24.3 Å². The smallest absolute Gasteiger partial charge is 0.273 e. The Morgan fingerprint density at radius 1 is 1.48 bits per heavy atom. The third kappa shape index (κ3) is 4.99. The zero-order chi connectivity index (χ0) is 14.5. The van der Waals surface area contributed by atoms with Crippen LogP contribution in [-0.2, 0) is 11.2 Å². The van der Waals surface area contributed by atoms with Crippen LogP contribution in [0.25, 0.3) is 0 Å². The van der Waals surface area contributed by atoms with E-state index >= 15 is 0 Å². The summed E-state index contributed by atoms with van der Waals surface area (Å²) in [5.74, 6) is -0.154. The van der Waals surface area contributed by atoms with Crippen LogP contribution in [0.3, 0.4) is 0 Å². The van der Waals surface area contributed by atoms with Crippen LogP contribution in [0.4, 0.5) is 5.69 Å². The van der Waals surface area contributed by atoms with E-state index in [2.05, 4.69) is 17.6 Å². The number of amides is 1. The molecule has 0 bridgehead atoms. The predicted octanol–water partition coefficient (Wildman–Crippen LogP) is 1.82. The van der Waals surface area contributed by atoms with Gasteiger partial charge in [0.2, 0.25) is 5.91 Å². The Balaban J connectivity index is 0.00000220. The van der Waals surface area contributed by atoms with E-state index in [1.165, 1.54) is 6.07 Å². The molecular weight excluding hydrogens is 294 g/mol. The van der Waals surface area contributed by atoms with Gasteiger partial charge in [-0.05, 0) is 26.3 Å². The zero-order valence-electron chi connectivity index (χ0n) is 11.9. The van der Waals surface area contributed by atoms with Gasteiger partial charge in [-0.1, -0.05) is 18.2 Å². The Bertz CT molecular complexity index is 510. The number of carbonyl (C=O) groups excluding carboxylic acids is 1. The first-order valence-electron chi connectivity index (χ1n) is 6.81. The van der Waals surface area contributed by atoms with Gasteiger partial charge in [0.1, 0.15) is 0 Å². The fraction of sp³-hybridized carbons (Fsp3) is 0.500. The molecule has 6 nitrogen and oxygen atoms in total. The minimum absolute atomic E-state index is 0. The molecule has 7 heteroatoms. The first-order valence-corrected chi connectivity index (χ1v) is 6.81. The molecular formula is C14H20ClN3O3. The van der Waals surface area contributed by atoms with Gasteiger partial charge in [0.05, 0.1) is 11.3 Å². The molecule has 0 aliphatic carbocycles. The molecule has 0 radical (unpaired) electrons. The average Bonchev–Trinajstić information content (AvgIpc) is 2.38. The van der Waals surface area contributed by atoms with Crippen LogP contribution >= 0.6 is 12.4 Å². The summed E-state index contributed by atoms with van der Waals surface area (Å²) in [7, 11) is 0. The van der Waals surface area contributed by atoms with Crippen molar-refractivity contribution in [1.29, 1.82) is 0 Å². The summed E-state index contributed by atoms with van der Waals surface area (Å²) in [6.07, 6.45) is 1.84. The van der Waals surface area contributed by atoms with E-state index in [0.29, 0.717) is 11.6 Å². The summed E-state index contributed by atoms with van der Waals surface area (Å²) in [5, 5.41) is 17.2. The molecule has 2 N–H and O–H groups in total. The van der Waals surface area contributed by atoms with Crippen molar-refractivity contribution in [1.82, 2.24) is 10.6 Å². The minimum atomic E-state index is -0.449. The monoisotopic (exact) mass is 313 g/mol. The molecule has 1 aromatic rings. The summed E-state index contributed by atoms with van der Waals surface area (Å²) in [5.41, 5.74) is 0.457. The third-order valence-corrected chi connectivity index (χ3v) is 3.53. The molecule has 1 fully saturated rings. The minimum Gasteiger partial charge on any atom is -0.353 e. The number of rotatable bonds is 4. The number of halogens is 1. The zero-order valence-corrected chi connectivity index (χ0v) is 12.7. The number of hydrogen-bond donors (Lipinski definition) is 2. The molecule has 2 rings (SSSR count). The summed E-state index contributed by atoms with van der Waals surface area (Å²) >= 11 is 0. The SMILES string of the molecule is CC1CC(NC(=O)Cc2ccccc2[N+](=O)[O-])CCN1.Cl. The van der Waals surface area contributed by atoms with Gasteiger partial charge in [-0.2, -0.15) is 0 Å². The van der Waals surface area contributed by atoms with E-state index in [1.807, 2.05) is 0 Å². The van der Waals surface area contributed by atoms with Gasteiger partial charge in [0.15, 0.2) is 0 Å². The van der Waals surface area contributed by atoms with E-state index in [0.717, 1.165) is 19.4 Å². The normalized spacial score (nSPS) is 21.2. The van der Waals surface area contributed by atoms with Crippen molar-refractivity contribution in [2.24, 2.45) is 0 Å². The van der Waals surface area contributed by atoms with Crippen LogP contribution in [0.5, 0.6) is 0 Å². The lowest BCUT2D eigenvalue weighted by Gasteiger charge is -2.28. The number of benzene rings is 1. The molecule has 21 heavy (non-hydrogen) atoms. The predicted molar refractivity (Wildman–Crippen MR) is 82.7 cm³/mol. The van der Waals surface area contributed by atoms with Crippen molar-refractivity contribution in [3.05, 3.63) is 39.9 Å². The summed E-state index contributed by atoms with van der Waals surface area (Å²) in [4.78, 5) is 22.5. The van der Waals surface area contributed by atoms with Gasteiger partial charge in [-0.15, -0.1) is 12.4 Å². The third-order valence-electron chi connectivity index (χ3n) is 3.53. The fourth-order valence-corrected chi connectivity index (χ4v) is 2.55. The Kier molecular flexibility index (Phi) is 6.58. The number of nitro benzene ring substituents is 1. The van der Waals surface area contributed by atoms with E-state index in [1.54, 1.807) is 18.2 Å². The highest BCUT2D eigenvalue weighted by molar-refractivity contribution is 5.85. The van der Waals surface area contributed by atoms with Gasteiger partial charge in [-0.3, -0.25) is 14.9 Å². The second kappa shape index (κ2) is 7.95. The molecule has 1 aliphatic rings. The number of piperidine rings is 1. The Morgan fingerprint density at radius 2 is 2.19 bits per heavy atom. The van der Waals surface area contributed by atoms with E-state index in [-0.39, 0.29) is 36.5 Å². The first-order chi connectivity index (χ1) is 9.56. The van der Waals surface area contributed by atoms with Crippen LogP contribution in [0.2, 0.25) is 0 Å². The maximum atomic E-state index is 12.0. The largest absolute Gasteiger partial charge is 0.353 e. The van der Waals surface area contributed by atoms with Crippen LogP contribution in [-0.4, -0.2) is 29.5 Å². The highest BCUT2D eigenvalue weighted by Crippen LogP contribution is 2.18. The number of nitrogens with one attached hydrogen (secondary N) is 2. The lowest BCUT2D eigenvalue weighted by Crippen LogP contribution is -2.47. The van der Waals surface area contributed by atoms with Crippen LogP contribution in [0, 0.1) is 10.1 Å². The van der Waals surface area contributed by atoms with Gasteiger partial charge in [-0.25, -0.2) is 0 Å². The van der Waals surface area contributed by atoms with Crippen LogP contribution < -0.4 is 10.6 Å². The average molecular weight is 314 g/mol. The molecule has 2 unspecified atom stereocenters. The number of hydrogen-bond acceptors (Lipinski definition) is 4. The number of para-hydroxylation sites is 1. The molecule has 1 aromatic carbocycles. The van der Waals surface area contributed by atoms with Gasteiger partial charge in [0, 0.05) is 23.7 Å². The van der Waals surface area contributed by atoms with Crippen molar-refractivity contribution in [2.75, 3.05) is 6.54 Å². The van der Waals surface area contributed by atoms with Crippen LogP contribution in [0.1, 0.15) is 25.3 Å². The fourth-order valence-electron chi connectivity index (χ4n) is 2.55. The number of nitrogens with zero attached hydrogens (tertiary/aromatic N) is 1. The van der Waals surface area contributed by atoms with Crippen molar-refractivity contribution in [3.63, 3.8) is 0 Å². The molecule has 1 aliphatic heterocycles. The second-order valence-electron chi connectivity index (χ2n) is 5.21. The summed E-state index contributed by atoms with van der Waals surface area (Å²) < 4.78 is 0. The summed E-state index contributed by atoms with van der Waals surface area (Å²) in [6.45, 7) is 2.97. The highest BCUT2D eigenvalue weighted by Gasteiger charge is 2.21. The molecule has 1 amide bonds. The maximum absolute atomic E-state index is 12.0. The quantitative estimate of drug-likeness (QED) is 0.656. The number of carbonyl (C=O) groups is 1. The molecule has 116 valence electrons. The lowest BCUT2D eigenvalue weighted by atomic mass is 10.00. The molecule has 2 atom stereocenters. The Labute approximate surface area is 129 Å². The molecule has 0 spiro atoms. The topological polar surface area (TPSA) is 84.3 Å². The Hall–Kier alpha value is -1.66. The summed E-state index contributed by atoms with van der Waals surface area (Å²) in [6, 6.07) is 6.91. The lowest BCUT2D eigenvalue weighted by molar-refractivity contribution is -0.385. The van der Waals surface area contributed by atoms with E-state index in [4.69, 9.17) is 0 Å². The van der Waals surface area contributed by atoms with Crippen molar-refractivity contribution < 1.29 is 9.72 Å². The van der Waals surface area contributed by atoms with E-state index in [9.17, 15) is 14.9 Å². The molecule has 0 saturated carbocycles. The van der Waals surface area contributed by atoms with Crippen molar-refractivity contribution >= 4 is 24.0 Å². The second-order valence-corrected chi connectivity index (χ2v) is 5.21. The van der Waals surface area contributed by atoms with E-state index < -0.39 is 4.92 Å². The molecule has 0 aromatic heterocycles. The molecule has 1 saturated heterocycles.